The Morgan fingerprint density at radius 1 is 1.53 bits per heavy atom. The molecule has 0 spiro atoms. The van der Waals surface area contributed by atoms with Crippen LogP contribution in [0.1, 0.15) is 36.7 Å². The van der Waals surface area contributed by atoms with E-state index >= 15 is 0 Å². The molecule has 0 N–H and O–H groups in total. The minimum absolute atomic E-state index is 0.0265. The van der Waals surface area contributed by atoms with Crippen molar-refractivity contribution in [2.75, 3.05) is 7.05 Å². The van der Waals surface area contributed by atoms with Gasteiger partial charge in [-0.1, -0.05) is 0 Å². The molecule has 2 rings (SSSR count). The Bertz CT molecular complexity index is 590. The summed E-state index contributed by atoms with van der Waals surface area (Å²) in [5.41, 5.74) is 0.371. The molecular formula is C12H17ClN2O3S. The lowest BCUT2D eigenvalue weighted by atomic mass is 9.92. The molecule has 7 heteroatoms. The Morgan fingerprint density at radius 2 is 2.16 bits per heavy atom. The number of halogens is 1. The number of aryl methyl sites for hydroxylation is 1. The van der Waals surface area contributed by atoms with Crippen molar-refractivity contribution in [3.63, 3.8) is 0 Å². The van der Waals surface area contributed by atoms with Crippen LogP contribution >= 0.6 is 10.7 Å². The van der Waals surface area contributed by atoms with E-state index in [1.807, 2.05) is 6.92 Å². The number of carbonyl (C=O) groups excluding carboxylic acids is 1. The fraction of sp³-hybridized carbons (Fsp3) is 0.583. The maximum atomic E-state index is 12.4. The van der Waals surface area contributed by atoms with Gasteiger partial charge in [0.1, 0.15) is 10.6 Å². The normalized spacial score (nSPS) is 16.2. The molecule has 0 saturated heterocycles. The molecule has 1 aliphatic rings. The molecule has 106 valence electrons. The zero-order valence-electron chi connectivity index (χ0n) is 11.0. The van der Waals surface area contributed by atoms with Crippen LogP contribution in [0.2, 0.25) is 0 Å². The third-order valence-electron chi connectivity index (χ3n) is 3.66. The lowest BCUT2D eigenvalue weighted by Crippen LogP contribution is -2.41. The number of carbonyl (C=O) groups is 1. The monoisotopic (exact) mass is 304 g/mol. The third-order valence-corrected chi connectivity index (χ3v) is 4.98. The fourth-order valence-corrected chi connectivity index (χ4v) is 2.94. The van der Waals surface area contributed by atoms with E-state index in [1.165, 1.54) is 12.3 Å². The minimum atomic E-state index is -3.80. The van der Waals surface area contributed by atoms with E-state index in [4.69, 9.17) is 10.7 Å². The molecule has 0 aromatic carbocycles. The molecule has 1 heterocycles. The van der Waals surface area contributed by atoms with Crippen LogP contribution in [0, 0.1) is 0 Å². The third kappa shape index (κ3) is 2.79. The van der Waals surface area contributed by atoms with Crippen LogP contribution in [-0.4, -0.2) is 36.9 Å². The summed E-state index contributed by atoms with van der Waals surface area (Å²) in [5, 5.41) is 0. The van der Waals surface area contributed by atoms with Gasteiger partial charge in [0.15, 0.2) is 0 Å². The Hall–Kier alpha value is -1.01. The van der Waals surface area contributed by atoms with E-state index in [0.29, 0.717) is 12.2 Å². The highest BCUT2D eigenvalue weighted by molar-refractivity contribution is 8.13. The van der Waals surface area contributed by atoms with Gasteiger partial charge in [-0.3, -0.25) is 4.79 Å². The second-order valence-corrected chi connectivity index (χ2v) is 7.35. The SMILES string of the molecule is CCn1cc(S(=O)(=O)Cl)cc1C(=O)N(C)C1CCC1. The van der Waals surface area contributed by atoms with Gasteiger partial charge >= 0.3 is 0 Å². The molecule has 0 radical (unpaired) electrons. The van der Waals surface area contributed by atoms with Crippen LogP contribution in [0.4, 0.5) is 0 Å². The predicted octanol–water partition coefficient (Wildman–Crippen LogP) is 2.06. The van der Waals surface area contributed by atoms with Crippen molar-refractivity contribution >= 4 is 25.6 Å². The lowest BCUT2D eigenvalue weighted by molar-refractivity contribution is 0.0641. The van der Waals surface area contributed by atoms with Crippen molar-refractivity contribution in [3.05, 3.63) is 18.0 Å². The summed E-state index contributed by atoms with van der Waals surface area (Å²) < 4.78 is 24.3. The van der Waals surface area contributed by atoms with Gasteiger partial charge in [-0.25, -0.2) is 8.42 Å². The molecule has 0 bridgehead atoms. The highest BCUT2D eigenvalue weighted by Gasteiger charge is 2.29. The average molecular weight is 305 g/mol. The summed E-state index contributed by atoms with van der Waals surface area (Å²) in [6.45, 7) is 2.37. The van der Waals surface area contributed by atoms with Gasteiger partial charge in [-0.15, -0.1) is 0 Å². The summed E-state index contributed by atoms with van der Waals surface area (Å²) in [7, 11) is 3.27. The van der Waals surface area contributed by atoms with Crippen LogP contribution < -0.4 is 0 Å². The predicted molar refractivity (Wildman–Crippen MR) is 72.9 cm³/mol. The molecule has 1 amide bonds. The maximum absolute atomic E-state index is 12.4. The van der Waals surface area contributed by atoms with E-state index < -0.39 is 9.05 Å². The minimum Gasteiger partial charge on any atom is -0.342 e. The molecule has 1 aromatic rings. The highest BCUT2D eigenvalue weighted by Crippen LogP contribution is 2.26. The number of nitrogens with zero attached hydrogens (tertiary/aromatic N) is 2. The Balaban J connectivity index is 2.32. The molecular weight excluding hydrogens is 288 g/mol. The summed E-state index contributed by atoms with van der Waals surface area (Å²) in [6.07, 6.45) is 4.56. The summed E-state index contributed by atoms with van der Waals surface area (Å²) in [5.74, 6) is -0.155. The maximum Gasteiger partial charge on any atom is 0.270 e. The number of amides is 1. The average Bonchev–Trinajstić information content (AvgIpc) is 2.68. The molecule has 1 fully saturated rings. The van der Waals surface area contributed by atoms with E-state index in [9.17, 15) is 13.2 Å². The smallest absolute Gasteiger partial charge is 0.270 e. The number of rotatable bonds is 4. The van der Waals surface area contributed by atoms with Crippen molar-refractivity contribution in [2.45, 2.75) is 43.7 Å². The van der Waals surface area contributed by atoms with Crippen molar-refractivity contribution in [2.24, 2.45) is 0 Å². The molecule has 1 saturated carbocycles. The summed E-state index contributed by atoms with van der Waals surface area (Å²) in [6, 6.07) is 1.62. The second-order valence-electron chi connectivity index (χ2n) is 4.79. The van der Waals surface area contributed by atoms with Crippen molar-refractivity contribution < 1.29 is 13.2 Å². The first-order valence-corrected chi connectivity index (χ1v) is 8.57. The Labute approximate surface area is 117 Å². The van der Waals surface area contributed by atoms with Gasteiger partial charge in [-0.2, -0.15) is 0 Å². The van der Waals surface area contributed by atoms with Crippen LogP contribution in [0.3, 0.4) is 0 Å². The topological polar surface area (TPSA) is 59.4 Å². The van der Waals surface area contributed by atoms with E-state index in [-0.39, 0.29) is 16.8 Å². The van der Waals surface area contributed by atoms with Gasteiger partial charge in [-0.05, 0) is 32.3 Å². The van der Waals surface area contributed by atoms with Crippen molar-refractivity contribution in [1.82, 2.24) is 9.47 Å². The van der Waals surface area contributed by atoms with Gasteiger partial charge in [0, 0.05) is 36.5 Å². The van der Waals surface area contributed by atoms with Crippen LogP contribution in [-0.2, 0) is 15.6 Å². The fourth-order valence-electron chi connectivity index (χ4n) is 2.18. The highest BCUT2D eigenvalue weighted by atomic mass is 35.7. The zero-order valence-corrected chi connectivity index (χ0v) is 12.5. The van der Waals surface area contributed by atoms with Gasteiger partial charge in [0.25, 0.3) is 15.0 Å². The molecule has 1 aliphatic carbocycles. The summed E-state index contributed by atoms with van der Waals surface area (Å²) in [4.78, 5) is 14.0. The molecule has 19 heavy (non-hydrogen) atoms. The van der Waals surface area contributed by atoms with Gasteiger partial charge < -0.3 is 9.47 Å². The van der Waals surface area contributed by atoms with E-state index in [0.717, 1.165) is 19.3 Å². The van der Waals surface area contributed by atoms with Crippen molar-refractivity contribution in [3.8, 4) is 0 Å². The van der Waals surface area contributed by atoms with Crippen LogP contribution in [0.25, 0.3) is 0 Å². The molecule has 0 aliphatic heterocycles. The zero-order chi connectivity index (χ0) is 14.2. The standard InChI is InChI=1S/C12H17ClN2O3S/c1-3-15-8-10(19(13,17)18)7-11(15)12(16)14(2)9-5-4-6-9/h7-9H,3-6H2,1-2H3. The van der Waals surface area contributed by atoms with Gasteiger partial charge in [0.05, 0.1) is 0 Å². The van der Waals surface area contributed by atoms with Crippen molar-refractivity contribution in [1.29, 1.82) is 0 Å². The largest absolute Gasteiger partial charge is 0.342 e. The quantitative estimate of drug-likeness (QED) is 0.800. The van der Waals surface area contributed by atoms with E-state index in [2.05, 4.69) is 0 Å². The second kappa shape index (κ2) is 5.17. The molecule has 1 aromatic heterocycles. The number of hydrogen-bond donors (Lipinski definition) is 0. The lowest BCUT2D eigenvalue weighted by Gasteiger charge is -2.34. The first-order chi connectivity index (χ1) is 8.84. The Kier molecular flexibility index (Phi) is 3.92. The first kappa shape index (κ1) is 14.4. The first-order valence-electron chi connectivity index (χ1n) is 6.26. The van der Waals surface area contributed by atoms with Crippen LogP contribution in [0.15, 0.2) is 17.2 Å². The molecule has 0 atom stereocenters. The number of aromatic nitrogens is 1. The summed E-state index contributed by atoms with van der Waals surface area (Å²) >= 11 is 0. The number of hydrogen-bond acceptors (Lipinski definition) is 3. The van der Waals surface area contributed by atoms with Crippen LogP contribution in [0.5, 0.6) is 0 Å². The molecule has 0 unspecified atom stereocenters. The Morgan fingerprint density at radius 3 is 2.58 bits per heavy atom. The van der Waals surface area contributed by atoms with E-state index in [1.54, 1.807) is 16.5 Å². The van der Waals surface area contributed by atoms with Gasteiger partial charge in [0.2, 0.25) is 0 Å². The molecule has 5 nitrogen and oxygen atoms in total.